The molecule has 94 valence electrons. The molecular weight excluding hydrogens is 241 g/mol. The Labute approximate surface area is 101 Å². The smallest absolute Gasteiger partial charge is 0.292 e. The van der Waals surface area contributed by atoms with Gasteiger partial charge in [0.15, 0.2) is 0 Å². The Bertz CT molecular complexity index is 387. The summed E-state index contributed by atoms with van der Waals surface area (Å²) >= 11 is 0. The molecule has 0 amide bonds. The van der Waals surface area contributed by atoms with Crippen molar-refractivity contribution in [1.29, 1.82) is 0 Å². The molecule has 0 aliphatic carbocycles. The van der Waals surface area contributed by atoms with E-state index in [0.29, 0.717) is 0 Å². The molecule has 0 spiro atoms. The van der Waals surface area contributed by atoms with Crippen molar-refractivity contribution in [3.05, 3.63) is 30.1 Å². The van der Waals surface area contributed by atoms with Crippen LogP contribution in [0.2, 0.25) is 0 Å². The molecular formula is C10H16N3O3P. The fourth-order valence-electron chi connectivity index (χ4n) is 1.06. The van der Waals surface area contributed by atoms with Gasteiger partial charge in [0, 0.05) is 12.4 Å². The number of rotatable bonds is 7. The molecule has 0 radical (unpaired) electrons. The average Bonchev–Trinajstić information content (AvgIpc) is 2.31. The van der Waals surface area contributed by atoms with E-state index >= 15 is 0 Å². The van der Waals surface area contributed by atoms with Crippen molar-refractivity contribution >= 4 is 14.0 Å². The van der Waals surface area contributed by atoms with Gasteiger partial charge in [0.2, 0.25) is 0 Å². The van der Waals surface area contributed by atoms with E-state index in [9.17, 15) is 4.57 Å². The lowest BCUT2D eigenvalue weighted by atomic mass is 10.3. The summed E-state index contributed by atoms with van der Waals surface area (Å²) < 4.78 is 21.9. The molecule has 1 aromatic heterocycles. The van der Waals surface area contributed by atoms with Crippen LogP contribution in [0.1, 0.15) is 19.4 Å². The molecule has 0 fully saturated rings. The summed E-state index contributed by atoms with van der Waals surface area (Å²) in [5.74, 6) is 0. The molecule has 0 unspecified atom stereocenters. The Kier molecular flexibility index (Phi) is 5.83. The second-order valence-electron chi connectivity index (χ2n) is 2.97. The van der Waals surface area contributed by atoms with Gasteiger partial charge >= 0.3 is 7.75 Å². The molecule has 0 aromatic carbocycles. The lowest BCUT2D eigenvalue weighted by molar-refractivity contribution is 0.211. The van der Waals surface area contributed by atoms with Crippen molar-refractivity contribution in [3.63, 3.8) is 0 Å². The van der Waals surface area contributed by atoms with E-state index in [1.165, 1.54) is 6.21 Å². The predicted molar refractivity (Wildman–Crippen MR) is 65.8 cm³/mol. The molecule has 1 aromatic rings. The largest absolute Gasteiger partial charge is 0.448 e. The topological polar surface area (TPSA) is 72.8 Å². The van der Waals surface area contributed by atoms with Crippen LogP contribution in [0.15, 0.2) is 29.6 Å². The van der Waals surface area contributed by atoms with Crippen molar-refractivity contribution in [2.45, 2.75) is 13.8 Å². The maximum atomic E-state index is 11.9. The van der Waals surface area contributed by atoms with E-state index in [1.54, 1.807) is 38.4 Å². The first-order valence-corrected chi connectivity index (χ1v) is 6.84. The Morgan fingerprint density at radius 3 is 2.47 bits per heavy atom. The van der Waals surface area contributed by atoms with E-state index in [2.05, 4.69) is 15.3 Å². The van der Waals surface area contributed by atoms with Crippen molar-refractivity contribution in [2.75, 3.05) is 13.2 Å². The van der Waals surface area contributed by atoms with Gasteiger partial charge < -0.3 is 0 Å². The minimum Gasteiger partial charge on any atom is -0.292 e. The van der Waals surface area contributed by atoms with Crippen LogP contribution in [-0.2, 0) is 13.6 Å². The summed E-state index contributed by atoms with van der Waals surface area (Å²) in [6.45, 7) is 4.05. The standard InChI is InChI=1S/C10H16N3O3P/c1-3-15-17(14,16-4-2)13-12-9-10-5-7-11-8-6-10/h5-9H,3-4H2,1-2H3,(H,13,14)/b12-9+. The summed E-state index contributed by atoms with van der Waals surface area (Å²) in [6, 6.07) is 3.55. The minimum absolute atomic E-state index is 0.287. The van der Waals surface area contributed by atoms with Gasteiger partial charge in [-0.2, -0.15) is 5.10 Å². The van der Waals surface area contributed by atoms with Gasteiger partial charge in [0.1, 0.15) is 0 Å². The summed E-state index contributed by atoms with van der Waals surface area (Å²) in [6.07, 6.45) is 4.81. The predicted octanol–water partition coefficient (Wildman–Crippen LogP) is 2.19. The third-order valence-corrected chi connectivity index (χ3v) is 3.25. The van der Waals surface area contributed by atoms with Crippen molar-refractivity contribution in [2.24, 2.45) is 5.10 Å². The van der Waals surface area contributed by atoms with Gasteiger partial charge in [-0.3, -0.25) is 14.0 Å². The Morgan fingerprint density at radius 2 is 1.94 bits per heavy atom. The number of aromatic nitrogens is 1. The SMILES string of the molecule is CCOP(=O)(N/N=C/c1ccncc1)OCC. The van der Waals surface area contributed by atoms with E-state index in [-0.39, 0.29) is 13.2 Å². The molecule has 0 atom stereocenters. The highest BCUT2D eigenvalue weighted by Crippen LogP contribution is 2.43. The zero-order valence-corrected chi connectivity index (χ0v) is 10.8. The van der Waals surface area contributed by atoms with E-state index in [0.717, 1.165) is 5.56 Å². The van der Waals surface area contributed by atoms with E-state index in [4.69, 9.17) is 9.05 Å². The van der Waals surface area contributed by atoms with Gasteiger partial charge in [0.05, 0.1) is 19.4 Å². The maximum absolute atomic E-state index is 11.9. The second kappa shape index (κ2) is 7.17. The Balaban J connectivity index is 2.58. The maximum Gasteiger partial charge on any atom is 0.448 e. The first kappa shape index (κ1) is 13.8. The fraction of sp³-hybridized carbons (Fsp3) is 0.400. The van der Waals surface area contributed by atoms with Crippen LogP contribution in [0.25, 0.3) is 0 Å². The zero-order chi connectivity index (χ0) is 12.6. The van der Waals surface area contributed by atoms with E-state index in [1.807, 2.05) is 0 Å². The molecule has 1 heterocycles. The van der Waals surface area contributed by atoms with Crippen LogP contribution in [0.4, 0.5) is 0 Å². The number of hydrogen-bond donors (Lipinski definition) is 1. The molecule has 0 saturated heterocycles. The number of hydrazone groups is 1. The first-order chi connectivity index (χ1) is 8.20. The summed E-state index contributed by atoms with van der Waals surface area (Å²) in [4.78, 5) is 3.87. The number of nitrogens with zero attached hydrogens (tertiary/aromatic N) is 2. The molecule has 0 saturated carbocycles. The zero-order valence-electron chi connectivity index (χ0n) is 9.87. The third-order valence-electron chi connectivity index (χ3n) is 1.70. The Hall–Kier alpha value is -1.23. The lowest BCUT2D eigenvalue weighted by Gasteiger charge is -2.14. The van der Waals surface area contributed by atoms with Crippen molar-refractivity contribution < 1.29 is 13.6 Å². The number of nitrogens with one attached hydrogen (secondary N) is 1. The molecule has 0 aliphatic rings. The minimum atomic E-state index is -3.32. The van der Waals surface area contributed by atoms with Crippen LogP contribution in [-0.4, -0.2) is 24.4 Å². The van der Waals surface area contributed by atoms with E-state index < -0.39 is 7.75 Å². The number of pyridine rings is 1. The van der Waals surface area contributed by atoms with Crippen molar-refractivity contribution in [1.82, 2.24) is 10.2 Å². The van der Waals surface area contributed by atoms with Gasteiger partial charge in [-0.15, -0.1) is 0 Å². The van der Waals surface area contributed by atoms with Crippen LogP contribution in [0.5, 0.6) is 0 Å². The molecule has 6 nitrogen and oxygen atoms in total. The lowest BCUT2D eigenvalue weighted by Crippen LogP contribution is -2.09. The second-order valence-corrected chi connectivity index (χ2v) is 4.68. The molecule has 0 aliphatic heterocycles. The average molecular weight is 257 g/mol. The van der Waals surface area contributed by atoms with Crippen LogP contribution < -0.4 is 5.20 Å². The quantitative estimate of drug-likeness (QED) is 0.460. The normalized spacial score (nSPS) is 11.9. The van der Waals surface area contributed by atoms with Gasteiger partial charge in [-0.1, -0.05) is 0 Å². The van der Waals surface area contributed by atoms with Gasteiger partial charge in [-0.05, 0) is 31.5 Å². The molecule has 1 N–H and O–H groups in total. The third kappa shape index (κ3) is 5.08. The summed E-state index contributed by atoms with van der Waals surface area (Å²) in [5, 5.41) is 6.24. The summed E-state index contributed by atoms with van der Waals surface area (Å²) in [5.41, 5.74) is 0.840. The highest BCUT2D eigenvalue weighted by Gasteiger charge is 2.22. The van der Waals surface area contributed by atoms with Crippen LogP contribution in [0.3, 0.4) is 0 Å². The number of hydrogen-bond acceptors (Lipinski definition) is 5. The van der Waals surface area contributed by atoms with Gasteiger partial charge in [0.25, 0.3) is 0 Å². The fourth-order valence-corrected chi connectivity index (χ4v) is 2.13. The molecule has 0 bridgehead atoms. The molecule has 7 heteroatoms. The Morgan fingerprint density at radius 1 is 1.35 bits per heavy atom. The van der Waals surface area contributed by atoms with Crippen LogP contribution in [0, 0.1) is 0 Å². The highest BCUT2D eigenvalue weighted by molar-refractivity contribution is 7.51. The molecule has 17 heavy (non-hydrogen) atoms. The summed E-state index contributed by atoms with van der Waals surface area (Å²) in [7, 11) is -3.32. The first-order valence-electron chi connectivity index (χ1n) is 5.29. The monoisotopic (exact) mass is 257 g/mol. The highest BCUT2D eigenvalue weighted by atomic mass is 31.2. The van der Waals surface area contributed by atoms with Gasteiger partial charge in [-0.25, -0.2) is 9.76 Å². The molecule has 1 rings (SSSR count). The van der Waals surface area contributed by atoms with Crippen LogP contribution >= 0.6 is 7.75 Å². The van der Waals surface area contributed by atoms with Crippen molar-refractivity contribution in [3.8, 4) is 0 Å².